The van der Waals surface area contributed by atoms with Crippen molar-refractivity contribution < 1.29 is 22.4 Å². The van der Waals surface area contributed by atoms with E-state index in [2.05, 4.69) is 10.3 Å². The average molecular weight is 558 g/mol. The third-order valence-electron chi connectivity index (χ3n) is 6.46. The molecule has 1 aliphatic heterocycles. The Labute approximate surface area is 223 Å². The van der Waals surface area contributed by atoms with Crippen molar-refractivity contribution >= 4 is 61.3 Å². The van der Waals surface area contributed by atoms with E-state index in [0.29, 0.717) is 47.9 Å². The predicted molar refractivity (Wildman–Crippen MR) is 143 cm³/mol. The number of benzene rings is 2. The number of hydrogen-bond acceptors (Lipinski definition) is 7. The summed E-state index contributed by atoms with van der Waals surface area (Å²) in [5.74, 6) is -0.163. The minimum Gasteiger partial charge on any atom is -0.453 e. The van der Waals surface area contributed by atoms with Gasteiger partial charge >= 0.3 is 0 Å². The van der Waals surface area contributed by atoms with Crippen LogP contribution in [0.4, 0.5) is 5.69 Å². The summed E-state index contributed by atoms with van der Waals surface area (Å²) in [4.78, 5) is 29.1. The van der Waals surface area contributed by atoms with Crippen molar-refractivity contribution in [1.82, 2.24) is 9.29 Å². The number of furan rings is 1. The fourth-order valence-corrected chi connectivity index (χ4v) is 7.01. The van der Waals surface area contributed by atoms with Gasteiger partial charge in [0.15, 0.2) is 11.5 Å². The first-order chi connectivity index (χ1) is 17.6. The number of amides is 1. The summed E-state index contributed by atoms with van der Waals surface area (Å²) in [6.07, 6.45) is 1.23. The Balaban J connectivity index is 1.23. The highest BCUT2D eigenvalue weighted by molar-refractivity contribution is 7.89. The van der Waals surface area contributed by atoms with Crippen molar-refractivity contribution in [2.24, 2.45) is 0 Å². The van der Waals surface area contributed by atoms with Gasteiger partial charge in [-0.3, -0.25) is 9.59 Å². The van der Waals surface area contributed by atoms with Crippen molar-refractivity contribution in [2.75, 3.05) is 18.4 Å². The molecule has 0 unspecified atom stereocenters. The molecule has 0 aliphatic carbocycles. The van der Waals surface area contributed by atoms with E-state index in [1.165, 1.54) is 28.6 Å². The van der Waals surface area contributed by atoms with Crippen LogP contribution in [0.3, 0.4) is 0 Å². The molecule has 5 rings (SSSR count). The van der Waals surface area contributed by atoms with Crippen LogP contribution in [-0.4, -0.2) is 42.5 Å². The largest absolute Gasteiger partial charge is 0.453 e. The van der Waals surface area contributed by atoms with Gasteiger partial charge in [0.05, 0.1) is 9.90 Å². The van der Waals surface area contributed by atoms with Crippen LogP contribution in [0, 0.1) is 6.92 Å². The number of ketones is 1. The van der Waals surface area contributed by atoms with E-state index in [9.17, 15) is 18.0 Å². The normalized spacial score (nSPS) is 15.2. The van der Waals surface area contributed by atoms with E-state index in [0.717, 1.165) is 16.0 Å². The Kier molecular flexibility index (Phi) is 6.93. The molecule has 11 heteroatoms. The Morgan fingerprint density at radius 1 is 1.14 bits per heavy atom. The first-order valence-corrected chi connectivity index (χ1v) is 14.4. The second-order valence-electron chi connectivity index (χ2n) is 9.03. The number of anilines is 1. The van der Waals surface area contributed by atoms with E-state index in [4.69, 9.17) is 16.0 Å². The fraction of sp³-hybridized carbons (Fsp3) is 0.269. The van der Waals surface area contributed by atoms with Crippen LogP contribution in [0.15, 0.2) is 57.2 Å². The van der Waals surface area contributed by atoms with Crippen molar-refractivity contribution in [3.05, 3.63) is 74.9 Å². The summed E-state index contributed by atoms with van der Waals surface area (Å²) in [6, 6.07) is 11.6. The smallest absolute Gasteiger partial charge is 0.275 e. The molecule has 0 spiro atoms. The van der Waals surface area contributed by atoms with Gasteiger partial charge in [0.1, 0.15) is 11.3 Å². The van der Waals surface area contributed by atoms with Crippen LogP contribution in [0.25, 0.3) is 11.0 Å². The molecular formula is C26H24ClN3O5S2. The zero-order chi connectivity index (χ0) is 26.3. The summed E-state index contributed by atoms with van der Waals surface area (Å²) in [5, 5.41) is 6.52. The molecule has 0 radical (unpaired) electrons. The molecule has 1 amide bonds. The van der Waals surface area contributed by atoms with Gasteiger partial charge in [-0.1, -0.05) is 17.7 Å². The van der Waals surface area contributed by atoms with Crippen molar-refractivity contribution in [3.8, 4) is 0 Å². The summed E-state index contributed by atoms with van der Waals surface area (Å²) in [5.41, 5.74) is 2.27. The molecule has 0 bridgehead atoms. The van der Waals surface area contributed by atoms with Gasteiger partial charge in [-0.05, 0) is 61.7 Å². The van der Waals surface area contributed by atoms with Gasteiger partial charge in [-0.15, -0.1) is 11.3 Å². The first-order valence-electron chi connectivity index (χ1n) is 11.7. The highest BCUT2D eigenvalue weighted by Gasteiger charge is 2.31. The van der Waals surface area contributed by atoms with Crippen molar-refractivity contribution in [2.45, 2.75) is 37.5 Å². The van der Waals surface area contributed by atoms with Crippen LogP contribution < -0.4 is 5.32 Å². The molecule has 8 nitrogen and oxygen atoms in total. The van der Waals surface area contributed by atoms with E-state index >= 15 is 0 Å². The number of sulfonamides is 1. The van der Waals surface area contributed by atoms with Gasteiger partial charge in [-0.25, -0.2) is 13.4 Å². The Hall–Kier alpha value is -3.05. The van der Waals surface area contributed by atoms with Crippen LogP contribution >= 0.6 is 22.9 Å². The number of rotatable bonds is 6. The van der Waals surface area contributed by atoms with Crippen molar-refractivity contribution in [3.63, 3.8) is 0 Å². The number of carbonyl (C=O) groups excluding carboxylic acids is 2. The summed E-state index contributed by atoms with van der Waals surface area (Å²) >= 11 is 7.54. The number of nitrogens with one attached hydrogen (secondary N) is 1. The van der Waals surface area contributed by atoms with E-state index in [-0.39, 0.29) is 28.3 Å². The topological polar surface area (TPSA) is 110 Å². The molecule has 1 fully saturated rings. The molecule has 4 aromatic rings. The molecule has 192 valence electrons. The molecule has 3 heterocycles. The molecular weight excluding hydrogens is 534 g/mol. The minimum atomic E-state index is -3.63. The number of thiazole rings is 1. The summed E-state index contributed by atoms with van der Waals surface area (Å²) < 4.78 is 33.1. The number of hydrogen-bond donors (Lipinski definition) is 1. The molecule has 0 atom stereocenters. The summed E-state index contributed by atoms with van der Waals surface area (Å²) in [7, 11) is -3.63. The lowest BCUT2D eigenvalue weighted by molar-refractivity contribution is 0.0987. The molecule has 0 saturated carbocycles. The number of aryl methyl sites for hydroxylation is 1. The monoisotopic (exact) mass is 557 g/mol. The van der Waals surface area contributed by atoms with Gasteiger partial charge in [0.2, 0.25) is 10.0 Å². The molecule has 1 saturated heterocycles. The number of carbonyl (C=O) groups is 2. The second kappa shape index (κ2) is 10.0. The predicted octanol–water partition coefficient (Wildman–Crippen LogP) is 5.87. The maximum absolute atomic E-state index is 13.1. The third kappa shape index (κ3) is 5.19. The van der Waals surface area contributed by atoms with Crippen LogP contribution in [0.5, 0.6) is 0 Å². The second-order valence-corrected chi connectivity index (χ2v) is 12.3. The van der Waals surface area contributed by atoms with Crippen LogP contribution in [0.2, 0.25) is 5.02 Å². The van der Waals surface area contributed by atoms with Crippen LogP contribution in [0.1, 0.15) is 57.3 Å². The number of Topliss-reactive ketones (excluding diaryl/α,β-unsaturated/α-hetero) is 1. The van der Waals surface area contributed by atoms with E-state index in [1.807, 2.05) is 6.92 Å². The minimum absolute atomic E-state index is 0.0758. The highest BCUT2D eigenvalue weighted by Crippen LogP contribution is 2.33. The summed E-state index contributed by atoms with van der Waals surface area (Å²) in [6.45, 7) is 4.00. The lowest BCUT2D eigenvalue weighted by Crippen LogP contribution is -2.37. The molecule has 37 heavy (non-hydrogen) atoms. The highest BCUT2D eigenvalue weighted by atomic mass is 35.5. The van der Waals surface area contributed by atoms with Gasteiger partial charge in [-0.2, -0.15) is 4.31 Å². The fourth-order valence-electron chi connectivity index (χ4n) is 4.30. The number of aromatic nitrogens is 1. The maximum Gasteiger partial charge on any atom is 0.275 e. The van der Waals surface area contributed by atoms with Crippen LogP contribution in [-0.2, 0) is 10.0 Å². The van der Waals surface area contributed by atoms with Gasteiger partial charge in [0.25, 0.3) is 5.91 Å². The van der Waals surface area contributed by atoms with E-state index < -0.39 is 10.0 Å². The quantitative estimate of drug-likeness (QED) is 0.297. The average Bonchev–Trinajstić information content (AvgIpc) is 3.53. The maximum atomic E-state index is 13.1. The van der Waals surface area contributed by atoms with Crippen molar-refractivity contribution in [1.29, 1.82) is 0 Å². The molecule has 1 aliphatic rings. The SMILES string of the molecule is CC(=O)c1cc2cc(NC(=O)c3csc(C4CCN(S(=O)(=O)c5ccc(C)c(Cl)c5)CC4)n3)ccc2o1. The third-order valence-corrected chi connectivity index (χ3v) is 9.77. The lowest BCUT2D eigenvalue weighted by atomic mass is 9.99. The van der Waals surface area contributed by atoms with Gasteiger partial charge < -0.3 is 9.73 Å². The zero-order valence-corrected chi connectivity index (χ0v) is 22.5. The Bertz CT molecular complexity index is 1620. The van der Waals surface area contributed by atoms with Gasteiger partial charge in [0, 0.05) is 47.4 Å². The standard InChI is InChI=1S/C26H24ClN3O5S2/c1-15-3-5-20(13-21(15)27)37(33,34)30-9-7-17(8-10-30)26-29-22(14-36-26)25(32)28-19-4-6-23-18(11-19)12-24(35-23)16(2)31/h3-6,11-14,17H,7-10H2,1-2H3,(H,28,32). The number of nitrogens with zero attached hydrogens (tertiary/aromatic N) is 2. The number of halogens is 1. The number of piperidine rings is 1. The molecule has 2 aromatic heterocycles. The zero-order valence-electron chi connectivity index (χ0n) is 20.2. The Morgan fingerprint density at radius 2 is 1.89 bits per heavy atom. The number of fused-ring (bicyclic) bond motifs is 1. The van der Waals surface area contributed by atoms with E-state index in [1.54, 1.807) is 41.8 Å². The lowest BCUT2D eigenvalue weighted by Gasteiger charge is -2.30. The molecule has 1 N–H and O–H groups in total. The first kappa shape index (κ1) is 25.6. The molecule has 2 aromatic carbocycles. The Morgan fingerprint density at radius 3 is 2.59 bits per heavy atom.